The summed E-state index contributed by atoms with van der Waals surface area (Å²) in [5.74, 6) is -1.28. The Kier molecular flexibility index (Phi) is 3.76. The zero-order valence-corrected chi connectivity index (χ0v) is 13.8. The van der Waals surface area contributed by atoms with Gasteiger partial charge in [0.1, 0.15) is 6.61 Å². The van der Waals surface area contributed by atoms with Crippen LogP contribution in [0.25, 0.3) is 0 Å². The lowest BCUT2D eigenvalue weighted by atomic mass is 10.0. The lowest BCUT2D eigenvalue weighted by Crippen LogP contribution is -2.31. The van der Waals surface area contributed by atoms with E-state index in [9.17, 15) is 14.4 Å². The van der Waals surface area contributed by atoms with Gasteiger partial charge in [-0.2, -0.15) is 5.01 Å². The molecule has 26 heavy (non-hydrogen) atoms. The monoisotopic (exact) mass is 350 g/mol. The highest BCUT2D eigenvalue weighted by atomic mass is 16.6. The second-order valence-corrected chi connectivity index (χ2v) is 5.87. The normalized spacial score (nSPS) is 19.8. The average molecular weight is 350 g/mol. The molecule has 0 saturated carbocycles. The molecule has 0 bridgehead atoms. The van der Waals surface area contributed by atoms with Gasteiger partial charge >= 0.3 is 5.97 Å². The Morgan fingerprint density at radius 2 is 1.62 bits per heavy atom. The summed E-state index contributed by atoms with van der Waals surface area (Å²) in [4.78, 5) is 36.2. The molecule has 2 aliphatic rings. The lowest BCUT2D eigenvalue weighted by Gasteiger charge is -2.26. The largest absolute Gasteiger partial charge is 0.472 e. The topological polar surface area (TPSA) is 85.3 Å². The second-order valence-electron chi connectivity index (χ2n) is 5.87. The van der Waals surface area contributed by atoms with E-state index < -0.39 is 23.9 Å². The van der Waals surface area contributed by atoms with Crippen LogP contribution >= 0.6 is 0 Å². The van der Waals surface area contributed by atoms with Crippen molar-refractivity contribution in [1.29, 1.82) is 0 Å². The SMILES string of the molecule is CC(=O)O[C@@H]1CO/C(=N\N2C(=O)c3ccccc3C2=O)c2ccccc21. The van der Waals surface area contributed by atoms with Crippen molar-refractivity contribution in [3.8, 4) is 0 Å². The number of carbonyl (C=O) groups excluding carboxylic acids is 3. The molecule has 2 aromatic carbocycles. The summed E-state index contributed by atoms with van der Waals surface area (Å²) < 4.78 is 10.9. The molecule has 0 fully saturated rings. The maximum Gasteiger partial charge on any atom is 0.303 e. The van der Waals surface area contributed by atoms with Gasteiger partial charge in [-0.1, -0.05) is 30.3 Å². The summed E-state index contributed by atoms with van der Waals surface area (Å²) >= 11 is 0. The number of fused-ring (bicyclic) bond motifs is 2. The zero-order chi connectivity index (χ0) is 18.3. The van der Waals surface area contributed by atoms with Crippen molar-refractivity contribution in [1.82, 2.24) is 5.01 Å². The number of hydrogen-bond acceptors (Lipinski definition) is 6. The van der Waals surface area contributed by atoms with E-state index in [0.29, 0.717) is 22.3 Å². The number of hydrogen-bond donors (Lipinski definition) is 0. The number of benzene rings is 2. The molecule has 130 valence electrons. The Bertz CT molecular complexity index is 931. The van der Waals surface area contributed by atoms with Crippen LogP contribution in [0.5, 0.6) is 0 Å². The van der Waals surface area contributed by atoms with Gasteiger partial charge in [-0.25, -0.2) is 0 Å². The Morgan fingerprint density at radius 1 is 1.04 bits per heavy atom. The third-order valence-corrected chi connectivity index (χ3v) is 4.18. The van der Waals surface area contributed by atoms with Crippen LogP contribution in [0.4, 0.5) is 0 Å². The van der Waals surface area contributed by atoms with E-state index >= 15 is 0 Å². The fraction of sp³-hybridized carbons (Fsp3) is 0.158. The lowest BCUT2D eigenvalue weighted by molar-refractivity contribution is -0.148. The highest BCUT2D eigenvalue weighted by Gasteiger charge is 2.37. The first-order valence-corrected chi connectivity index (χ1v) is 8.02. The fourth-order valence-electron chi connectivity index (χ4n) is 3.03. The number of carbonyl (C=O) groups is 3. The summed E-state index contributed by atoms with van der Waals surface area (Å²) in [7, 11) is 0. The molecule has 0 radical (unpaired) electrons. The predicted octanol–water partition coefficient (Wildman–Crippen LogP) is 2.28. The first-order valence-electron chi connectivity index (χ1n) is 8.02. The minimum atomic E-state index is -0.565. The number of imide groups is 1. The van der Waals surface area contributed by atoms with Crippen molar-refractivity contribution in [2.75, 3.05) is 6.61 Å². The van der Waals surface area contributed by atoms with Gasteiger partial charge in [-0.3, -0.25) is 14.4 Å². The van der Waals surface area contributed by atoms with Crippen LogP contribution in [0.2, 0.25) is 0 Å². The van der Waals surface area contributed by atoms with Gasteiger partial charge in [0.15, 0.2) is 6.10 Å². The molecule has 2 heterocycles. The van der Waals surface area contributed by atoms with Gasteiger partial charge in [-0.15, -0.1) is 5.10 Å². The van der Waals surface area contributed by atoms with Gasteiger partial charge in [-0.05, 0) is 18.2 Å². The maximum absolute atomic E-state index is 12.5. The average Bonchev–Trinajstić information content (AvgIpc) is 2.88. The first kappa shape index (κ1) is 16.0. The number of ether oxygens (including phenoxy) is 2. The molecule has 7 heteroatoms. The summed E-state index contributed by atoms with van der Waals surface area (Å²) in [5, 5.41) is 4.96. The summed E-state index contributed by atoms with van der Waals surface area (Å²) in [6.07, 6.45) is -0.565. The Balaban J connectivity index is 1.72. The summed E-state index contributed by atoms with van der Waals surface area (Å²) in [6, 6.07) is 13.7. The molecular formula is C19H14N2O5. The minimum Gasteiger partial charge on any atom is -0.472 e. The molecule has 0 aliphatic carbocycles. The van der Waals surface area contributed by atoms with Crippen molar-refractivity contribution in [2.24, 2.45) is 5.10 Å². The molecule has 0 N–H and O–H groups in total. The van der Waals surface area contributed by atoms with E-state index in [0.717, 1.165) is 5.01 Å². The van der Waals surface area contributed by atoms with Gasteiger partial charge in [0.25, 0.3) is 11.8 Å². The fourth-order valence-corrected chi connectivity index (χ4v) is 3.03. The first-order chi connectivity index (χ1) is 12.6. The van der Waals surface area contributed by atoms with Crippen LogP contribution in [0.3, 0.4) is 0 Å². The van der Waals surface area contributed by atoms with E-state index in [4.69, 9.17) is 9.47 Å². The molecule has 0 saturated heterocycles. The number of nitrogens with zero attached hydrogens (tertiary/aromatic N) is 2. The van der Waals surface area contributed by atoms with E-state index in [-0.39, 0.29) is 12.5 Å². The van der Waals surface area contributed by atoms with Crippen molar-refractivity contribution in [3.05, 3.63) is 70.8 Å². The predicted molar refractivity (Wildman–Crippen MR) is 90.4 cm³/mol. The van der Waals surface area contributed by atoms with E-state index in [1.54, 1.807) is 48.5 Å². The van der Waals surface area contributed by atoms with Crippen molar-refractivity contribution in [3.63, 3.8) is 0 Å². The third-order valence-electron chi connectivity index (χ3n) is 4.18. The smallest absolute Gasteiger partial charge is 0.303 e. The highest BCUT2D eigenvalue weighted by Crippen LogP contribution is 2.29. The van der Waals surface area contributed by atoms with Crippen LogP contribution in [0.15, 0.2) is 53.6 Å². The van der Waals surface area contributed by atoms with E-state index in [2.05, 4.69) is 5.10 Å². The molecule has 0 unspecified atom stereocenters. The Morgan fingerprint density at radius 3 is 2.23 bits per heavy atom. The Hall–Kier alpha value is -3.48. The molecule has 0 aromatic heterocycles. The number of rotatable bonds is 2. The minimum absolute atomic E-state index is 0.0542. The van der Waals surface area contributed by atoms with Crippen molar-refractivity contribution < 1.29 is 23.9 Å². The van der Waals surface area contributed by atoms with Gasteiger partial charge in [0, 0.05) is 18.1 Å². The van der Waals surface area contributed by atoms with E-state index in [1.807, 2.05) is 0 Å². The molecule has 7 nitrogen and oxygen atoms in total. The van der Waals surface area contributed by atoms with Crippen LogP contribution < -0.4 is 0 Å². The van der Waals surface area contributed by atoms with Crippen LogP contribution in [-0.4, -0.2) is 35.3 Å². The van der Waals surface area contributed by atoms with E-state index in [1.165, 1.54) is 6.92 Å². The molecular weight excluding hydrogens is 336 g/mol. The van der Waals surface area contributed by atoms with Gasteiger partial charge in [0.05, 0.1) is 11.1 Å². The number of esters is 1. The van der Waals surface area contributed by atoms with Crippen LogP contribution in [-0.2, 0) is 14.3 Å². The number of hydrazone groups is 1. The number of amides is 2. The van der Waals surface area contributed by atoms with Crippen LogP contribution in [0.1, 0.15) is 44.9 Å². The van der Waals surface area contributed by atoms with Gasteiger partial charge in [0.2, 0.25) is 5.90 Å². The third kappa shape index (κ3) is 2.54. The standard InChI is InChI=1S/C19H14N2O5/c1-11(22)26-16-10-25-17(13-7-3-2-6-12(13)16)20-21-18(23)14-8-4-5-9-15(14)19(21)24/h2-9,16H,10H2,1H3/b20-17-/t16-/m1/s1. The molecule has 1 atom stereocenters. The maximum atomic E-state index is 12.5. The van der Waals surface area contributed by atoms with Crippen molar-refractivity contribution in [2.45, 2.75) is 13.0 Å². The molecule has 2 aliphatic heterocycles. The molecule has 2 aromatic rings. The summed E-state index contributed by atoms with van der Waals surface area (Å²) in [5.41, 5.74) is 1.90. The van der Waals surface area contributed by atoms with Crippen molar-refractivity contribution >= 4 is 23.7 Å². The summed E-state index contributed by atoms with van der Waals surface area (Å²) in [6.45, 7) is 1.38. The quantitative estimate of drug-likeness (QED) is 0.613. The molecule has 0 spiro atoms. The molecule has 2 amide bonds. The van der Waals surface area contributed by atoms with Crippen LogP contribution in [0, 0.1) is 0 Å². The zero-order valence-electron chi connectivity index (χ0n) is 13.8. The highest BCUT2D eigenvalue weighted by molar-refractivity contribution is 6.21. The second kappa shape index (κ2) is 6.11. The van der Waals surface area contributed by atoms with Gasteiger partial charge < -0.3 is 9.47 Å². The Labute approximate surface area is 148 Å². The molecule has 4 rings (SSSR count).